The average Bonchev–Trinajstić information content (AvgIpc) is 0.884. The normalized spacial score (nSPS) is 42.8. The van der Waals surface area contributed by atoms with Crippen LogP contribution in [0.15, 0.2) is 9.59 Å². The van der Waals surface area contributed by atoms with Gasteiger partial charge in [-0.3, -0.25) is 9.59 Å². The van der Waals surface area contributed by atoms with Gasteiger partial charge in [0.25, 0.3) is 10.9 Å². The molecule has 0 amide bonds. The Labute approximate surface area is 526 Å². The molecule has 0 saturated carbocycles. The van der Waals surface area contributed by atoms with Crippen molar-refractivity contribution in [2.45, 2.75) is 198 Å². The lowest BCUT2D eigenvalue weighted by molar-refractivity contribution is -0.380. The van der Waals surface area contributed by atoms with E-state index in [1.165, 1.54) is 114 Å². The van der Waals surface area contributed by atoms with Crippen molar-refractivity contribution >= 4 is 11.4 Å². The maximum Gasteiger partial charge on any atom is 0.253 e. The van der Waals surface area contributed by atoms with Gasteiger partial charge in [0.2, 0.25) is 0 Å². The molecule has 0 aromatic heterocycles. The Morgan fingerprint density at radius 2 is 0.478 bits per heavy atom. The number of anilines is 2. The summed E-state index contributed by atoms with van der Waals surface area (Å²) in [6.07, 6.45) is -24.3. The van der Waals surface area contributed by atoms with Crippen LogP contribution >= 0.6 is 0 Å². The molecule has 0 aliphatic carbocycles. The van der Waals surface area contributed by atoms with Gasteiger partial charge < -0.3 is 143 Å². The molecule has 6 aliphatic heterocycles. The van der Waals surface area contributed by atoms with Crippen molar-refractivity contribution in [1.82, 2.24) is 0 Å². The van der Waals surface area contributed by atoms with Crippen LogP contribution in [-0.4, -0.2) is 339 Å². The lowest BCUT2D eigenvalue weighted by Crippen LogP contribution is -2.68. The zero-order valence-electron chi connectivity index (χ0n) is 55.4. The second-order valence-electron chi connectivity index (χ2n) is 22.4. The lowest BCUT2D eigenvalue weighted by Gasteiger charge is -2.51. The van der Waals surface area contributed by atoms with E-state index in [1.54, 1.807) is 28.1 Å². The average molecular weight is 1310 g/mol. The van der Waals surface area contributed by atoms with Crippen LogP contribution in [0.25, 0.3) is 0 Å². The van der Waals surface area contributed by atoms with Gasteiger partial charge in [0.05, 0.1) is 50.7 Å². The number of hydrogen-bond donors (Lipinski definition) is 2. The Morgan fingerprint density at radius 3 is 0.700 bits per heavy atom. The van der Waals surface area contributed by atoms with Gasteiger partial charge in [-0.25, -0.2) is 0 Å². The molecule has 7 rings (SSSR count). The lowest BCUT2D eigenvalue weighted by atomic mass is 9.93. The van der Waals surface area contributed by atoms with Gasteiger partial charge in [-0.15, -0.1) is 0 Å². The molecule has 30 atom stereocenters. The summed E-state index contributed by atoms with van der Waals surface area (Å²) in [7, 11) is 27.2. The van der Waals surface area contributed by atoms with Crippen molar-refractivity contribution in [1.29, 1.82) is 0 Å². The highest BCUT2D eigenvalue weighted by molar-refractivity contribution is 5.75. The number of hydrogen-bond acceptors (Lipinski definition) is 32. The van der Waals surface area contributed by atoms with Crippen LogP contribution in [0.5, 0.6) is 0 Å². The number of methoxy groups -OCH3 is 18. The van der Waals surface area contributed by atoms with Gasteiger partial charge in [0, 0.05) is 128 Å². The van der Waals surface area contributed by atoms with E-state index in [1.807, 2.05) is 0 Å². The van der Waals surface area contributed by atoms with Crippen LogP contribution in [-0.2, 0) is 133 Å². The number of ether oxygens (including phenoxy) is 28. The quantitative estimate of drug-likeness (QED) is 0.0768. The zero-order valence-corrected chi connectivity index (χ0v) is 55.4. The van der Waals surface area contributed by atoms with E-state index in [0.717, 1.165) is 0 Å². The number of nitrogens with one attached hydrogen (secondary N) is 2. The SMILES string of the molecule is COCC1OC(OC2C(COC)OC(OC)C(OC)C2OC)C(OC)C(OC)C1OC1OC(C)C(Nc2c(NC3C(C)OC(OC4C(COC)OC(OC5C(COC)OC(OC)C(OC)[C@@H]5OC)C(OC)C4OC)C(OC)C3OC)c(=O)c2=O)C(OC)C1OC. The predicted octanol–water partition coefficient (Wildman–Crippen LogP) is -1.17. The van der Waals surface area contributed by atoms with E-state index < -0.39 is 195 Å². The molecular weight excluding hydrogens is 1200 g/mol. The van der Waals surface area contributed by atoms with Crippen LogP contribution in [0.4, 0.5) is 11.4 Å². The minimum absolute atomic E-state index is 0.00993. The van der Waals surface area contributed by atoms with Gasteiger partial charge in [-0.2, -0.15) is 0 Å². The molecule has 6 heterocycles. The Hall–Kier alpha value is -2.44. The molecule has 2 N–H and O–H groups in total. The molecule has 6 saturated heterocycles. The molecule has 0 bridgehead atoms. The second kappa shape index (κ2) is 35.5. The Balaban J connectivity index is 1.06. The summed E-state index contributed by atoms with van der Waals surface area (Å²) < 4.78 is 172. The molecule has 6 aliphatic rings. The molecule has 1 aromatic rings. The highest BCUT2D eigenvalue weighted by atomic mass is 16.8. The first-order chi connectivity index (χ1) is 43.5. The maximum atomic E-state index is 13.7. The van der Waals surface area contributed by atoms with Crippen LogP contribution in [0, 0.1) is 0 Å². The van der Waals surface area contributed by atoms with Gasteiger partial charge >= 0.3 is 0 Å². The largest absolute Gasteiger partial charge is 0.382 e. The third kappa shape index (κ3) is 15.7. The van der Waals surface area contributed by atoms with E-state index in [-0.39, 0.29) is 37.8 Å². The molecule has 0 radical (unpaired) electrons. The van der Waals surface area contributed by atoms with Gasteiger partial charge in [-0.1, -0.05) is 0 Å². The van der Waals surface area contributed by atoms with E-state index in [4.69, 9.17) is 133 Å². The number of rotatable bonds is 34. The minimum Gasteiger partial charge on any atom is -0.382 e. The summed E-state index contributed by atoms with van der Waals surface area (Å²) in [6.45, 7) is 3.79. The fourth-order valence-electron chi connectivity index (χ4n) is 13.3. The van der Waals surface area contributed by atoms with Crippen LogP contribution in [0.2, 0.25) is 0 Å². The zero-order chi connectivity index (χ0) is 65.7. The summed E-state index contributed by atoms with van der Waals surface area (Å²) in [5.41, 5.74) is -1.64. The summed E-state index contributed by atoms with van der Waals surface area (Å²) in [5.74, 6) is 0. The summed E-state index contributed by atoms with van der Waals surface area (Å²) in [5, 5.41) is 6.53. The molecule has 6 fully saturated rings. The van der Waals surface area contributed by atoms with Gasteiger partial charge in [0.15, 0.2) is 37.7 Å². The second-order valence-corrected chi connectivity index (χ2v) is 22.4. The predicted molar refractivity (Wildman–Crippen MR) is 310 cm³/mol. The summed E-state index contributed by atoms with van der Waals surface area (Å²) in [4.78, 5) is 27.5. The Kier molecular flexibility index (Phi) is 29.6. The summed E-state index contributed by atoms with van der Waals surface area (Å²) >= 11 is 0. The Morgan fingerprint density at radius 1 is 0.267 bits per heavy atom. The fourth-order valence-corrected chi connectivity index (χ4v) is 13.3. The van der Waals surface area contributed by atoms with E-state index >= 15 is 0 Å². The highest BCUT2D eigenvalue weighted by Gasteiger charge is 2.59. The Bertz CT molecular complexity index is 2160. The van der Waals surface area contributed by atoms with E-state index in [9.17, 15) is 9.59 Å². The van der Waals surface area contributed by atoms with Crippen LogP contribution in [0.1, 0.15) is 13.8 Å². The van der Waals surface area contributed by atoms with Crippen molar-refractivity contribution in [3.63, 3.8) is 0 Å². The molecular formula is C58H100N2O30. The standard InChI is InChI=1S/C58H100N2O30/c1-25-31(41(67-7)47(73-13)55(81-25)87-39-29(23-65-5)85-57(51(77-17)45(39)71-11)89-37-27(21-63-3)83-53(79-19)49(75-15)43(37)69-9)59-33-34(36(62)35(33)61)60-32-26(2)82-56(48(74-14)42(32)68-8)88-40-30(24-66-6)86-58(52(78-18)46(40)72-12)90-38-28(22-64-4)84-54(80-20)50(76-16)44(38)70-10/h25-32,37-60H,21-24H2,1-20H3/t25?,26?,27?,28?,29?,30?,31?,32?,37?,38?,39?,40?,41?,42?,43-,44?,45?,46?,47?,48?,49?,50?,51?,52?,53?,54?,55?,56?,57?,58?/m1/s1. The fraction of sp³-hybridized carbons (Fsp3) is 0.931. The summed E-state index contributed by atoms with van der Waals surface area (Å²) in [6, 6.07) is -1.62. The highest BCUT2D eigenvalue weighted by Crippen LogP contribution is 2.40. The molecule has 32 nitrogen and oxygen atoms in total. The molecule has 0 spiro atoms. The molecule has 29 unspecified atom stereocenters. The molecule has 90 heavy (non-hydrogen) atoms. The van der Waals surface area contributed by atoms with Crippen LogP contribution < -0.4 is 21.5 Å². The first-order valence-electron chi connectivity index (χ1n) is 29.8. The van der Waals surface area contributed by atoms with E-state index in [0.29, 0.717) is 0 Å². The van der Waals surface area contributed by atoms with Gasteiger partial charge in [-0.05, 0) is 13.8 Å². The molecule has 522 valence electrons. The van der Waals surface area contributed by atoms with Crippen molar-refractivity contribution in [2.75, 3.05) is 165 Å². The van der Waals surface area contributed by atoms with Crippen molar-refractivity contribution in [3.8, 4) is 0 Å². The first kappa shape index (κ1) is 74.9. The third-order valence-electron chi connectivity index (χ3n) is 17.7. The topological polar surface area (TPSA) is 317 Å². The first-order valence-corrected chi connectivity index (χ1v) is 29.8. The maximum absolute atomic E-state index is 13.7. The molecule has 32 heteroatoms. The van der Waals surface area contributed by atoms with Crippen molar-refractivity contribution in [2.24, 2.45) is 0 Å². The van der Waals surface area contributed by atoms with Crippen LogP contribution in [0.3, 0.4) is 0 Å². The van der Waals surface area contributed by atoms with Crippen molar-refractivity contribution < 1.29 is 133 Å². The van der Waals surface area contributed by atoms with Gasteiger partial charge in [0.1, 0.15) is 133 Å². The smallest absolute Gasteiger partial charge is 0.253 e. The third-order valence-corrected chi connectivity index (χ3v) is 17.7. The minimum atomic E-state index is -1.14. The van der Waals surface area contributed by atoms with Crippen molar-refractivity contribution in [3.05, 3.63) is 20.4 Å². The van der Waals surface area contributed by atoms with E-state index in [2.05, 4.69) is 10.6 Å². The monoisotopic (exact) mass is 1300 g/mol. The molecule has 1 aromatic carbocycles.